The average Bonchev–Trinajstić information content (AvgIpc) is 3.50. The largest absolute Gasteiger partial charge is 0.349 e. The fourth-order valence-electron chi connectivity index (χ4n) is 5.21. The smallest absolute Gasteiger partial charge is 0.283 e. The number of hydrogen-bond acceptors (Lipinski definition) is 8. The third-order valence-corrected chi connectivity index (χ3v) is 10.6. The van der Waals surface area contributed by atoms with Crippen molar-refractivity contribution in [3.8, 4) is 6.07 Å². The van der Waals surface area contributed by atoms with Gasteiger partial charge in [0.2, 0.25) is 5.91 Å². The monoisotopic (exact) mass is 603 g/mol. The Bertz CT molecular complexity index is 1630. The number of piperazine rings is 1. The molecule has 1 aromatic carbocycles. The van der Waals surface area contributed by atoms with Crippen LogP contribution in [0.25, 0.3) is 10.9 Å². The zero-order chi connectivity index (χ0) is 28.8. The maximum Gasteiger partial charge on any atom is 0.283 e. The number of amides is 2. The topological polar surface area (TPSA) is 134 Å². The quantitative estimate of drug-likeness (QED) is 0.457. The number of thiazole rings is 1. The number of sulfonamides is 1. The highest BCUT2D eigenvalue weighted by atomic mass is 35.5. The standard InChI is InChI=1S/C26H30ClN7O4S2/c1-31(2)23(35)13-17-14-33(10-11-34(17)26(36)24-29-21-7-9-32(3)15-22(21)39-24)40(37,38)25-18(6-8-28)19-12-16(27)4-5-20(19)30-25/h4-5,12,17,30H,6-7,9-11,13-15H2,1-3H3. The third kappa shape index (κ3) is 5.34. The van der Waals surface area contributed by atoms with Gasteiger partial charge in [-0.3, -0.25) is 9.59 Å². The molecule has 11 nitrogen and oxygen atoms in total. The van der Waals surface area contributed by atoms with Crippen molar-refractivity contribution in [3.63, 3.8) is 0 Å². The van der Waals surface area contributed by atoms with E-state index in [9.17, 15) is 23.3 Å². The molecule has 1 fully saturated rings. The summed E-state index contributed by atoms with van der Waals surface area (Å²) in [5, 5.41) is 10.7. The highest BCUT2D eigenvalue weighted by Crippen LogP contribution is 2.32. The maximum absolute atomic E-state index is 14.0. The molecule has 1 saturated heterocycles. The first-order valence-electron chi connectivity index (χ1n) is 12.8. The van der Waals surface area contributed by atoms with Crippen molar-refractivity contribution in [2.45, 2.75) is 36.9 Å². The van der Waals surface area contributed by atoms with E-state index < -0.39 is 16.1 Å². The molecule has 3 aromatic rings. The third-order valence-electron chi connectivity index (χ3n) is 7.40. The van der Waals surface area contributed by atoms with E-state index in [0.717, 1.165) is 30.1 Å². The first-order chi connectivity index (χ1) is 19.0. The summed E-state index contributed by atoms with van der Waals surface area (Å²) in [6.07, 6.45) is 0.608. The number of halogens is 1. The lowest BCUT2D eigenvalue weighted by molar-refractivity contribution is -0.130. The number of likely N-dealkylation sites (N-methyl/N-ethyl adjacent to an activating group) is 1. The minimum absolute atomic E-state index is 0.0358. The Morgan fingerprint density at radius 1 is 1.27 bits per heavy atom. The Labute approximate surface area is 242 Å². The molecule has 0 radical (unpaired) electrons. The van der Waals surface area contributed by atoms with Gasteiger partial charge in [-0.25, -0.2) is 13.4 Å². The van der Waals surface area contributed by atoms with Crippen molar-refractivity contribution in [1.29, 1.82) is 5.26 Å². The molecule has 2 aliphatic heterocycles. The minimum atomic E-state index is -4.10. The number of H-pyrrole nitrogens is 1. The van der Waals surface area contributed by atoms with Gasteiger partial charge in [0.15, 0.2) is 10.0 Å². The van der Waals surface area contributed by atoms with Crippen LogP contribution in [-0.4, -0.2) is 103 Å². The second-order valence-electron chi connectivity index (χ2n) is 10.3. The number of aromatic nitrogens is 2. The van der Waals surface area contributed by atoms with Crippen molar-refractivity contribution in [2.75, 3.05) is 47.3 Å². The number of nitrogens with one attached hydrogen (secondary N) is 1. The summed E-state index contributed by atoms with van der Waals surface area (Å²) in [6, 6.07) is 6.33. The van der Waals surface area contributed by atoms with E-state index in [4.69, 9.17) is 11.6 Å². The van der Waals surface area contributed by atoms with Gasteiger partial charge in [-0.15, -0.1) is 11.3 Å². The van der Waals surface area contributed by atoms with Crippen molar-refractivity contribution in [1.82, 2.24) is 29.0 Å². The zero-order valence-corrected chi connectivity index (χ0v) is 24.9. The van der Waals surface area contributed by atoms with Crippen LogP contribution in [0.1, 0.15) is 32.4 Å². The second kappa shape index (κ2) is 11.1. The van der Waals surface area contributed by atoms with E-state index in [1.807, 2.05) is 13.1 Å². The molecule has 0 aliphatic carbocycles. The van der Waals surface area contributed by atoms with Gasteiger partial charge in [0.05, 0.1) is 24.2 Å². The molecule has 0 spiro atoms. The molecule has 0 saturated carbocycles. The molecule has 1 N–H and O–H groups in total. The fraction of sp³-hybridized carbons (Fsp3) is 0.462. The zero-order valence-electron chi connectivity index (χ0n) is 22.5. The van der Waals surface area contributed by atoms with Crippen molar-refractivity contribution in [2.24, 2.45) is 0 Å². The summed E-state index contributed by atoms with van der Waals surface area (Å²) >= 11 is 7.52. The van der Waals surface area contributed by atoms with Crippen molar-refractivity contribution in [3.05, 3.63) is 44.4 Å². The molecule has 0 bridgehead atoms. The molecule has 40 heavy (non-hydrogen) atoms. The molecule has 2 amide bonds. The number of aromatic amines is 1. The average molecular weight is 604 g/mol. The summed E-state index contributed by atoms with van der Waals surface area (Å²) in [6.45, 7) is 1.68. The van der Waals surface area contributed by atoms with Crippen LogP contribution in [0.3, 0.4) is 0 Å². The molecule has 2 aromatic heterocycles. The van der Waals surface area contributed by atoms with Crippen LogP contribution in [-0.2, 0) is 34.2 Å². The van der Waals surface area contributed by atoms with Crippen LogP contribution in [0.4, 0.5) is 0 Å². The minimum Gasteiger partial charge on any atom is -0.349 e. The number of carbonyl (C=O) groups is 2. The Morgan fingerprint density at radius 3 is 2.77 bits per heavy atom. The van der Waals surface area contributed by atoms with Gasteiger partial charge < -0.3 is 19.7 Å². The summed E-state index contributed by atoms with van der Waals surface area (Å²) in [5.74, 6) is -0.506. The number of benzene rings is 1. The molecule has 212 valence electrons. The van der Waals surface area contributed by atoms with E-state index in [1.165, 1.54) is 20.5 Å². The first-order valence-corrected chi connectivity index (χ1v) is 15.5. The van der Waals surface area contributed by atoms with Gasteiger partial charge in [-0.1, -0.05) is 11.6 Å². The van der Waals surface area contributed by atoms with Crippen molar-refractivity contribution < 1.29 is 18.0 Å². The Morgan fingerprint density at radius 2 is 2.05 bits per heavy atom. The molecule has 1 unspecified atom stereocenters. The van der Waals surface area contributed by atoms with Crippen LogP contribution in [0.2, 0.25) is 5.02 Å². The van der Waals surface area contributed by atoms with Gasteiger partial charge in [0.1, 0.15) is 0 Å². The van der Waals surface area contributed by atoms with Crippen LogP contribution >= 0.6 is 22.9 Å². The number of fused-ring (bicyclic) bond motifs is 2. The van der Waals surface area contributed by atoms with Gasteiger partial charge in [-0.05, 0) is 25.2 Å². The lowest BCUT2D eigenvalue weighted by Gasteiger charge is -2.40. The second-order valence-corrected chi connectivity index (χ2v) is 13.7. The van der Waals surface area contributed by atoms with Gasteiger partial charge >= 0.3 is 0 Å². The Hall–Kier alpha value is -3.02. The summed E-state index contributed by atoms with van der Waals surface area (Å²) < 4.78 is 29.2. The number of rotatable bonds is 6. The van der Waals surface area contributed by atoms with E-state index in [0.29, 0.717) is 26.5 Å². The number of nitriles is 1. The summed E-state index contributed by atoms with van der Waals surface area (Å²) in [5.41, 5.74) is 1.83. The van der Waals surface area contributed by atoms with Gasteiger partial charge in [-0.2, -0.15) is 9.57 Å². The predicted molar refractivity (Wildman–Crippen MR) is 152 cm³/mol. The lowest BCUT2D eigenvalue weighted by atomic mass is 10.1. The van der Waals surface area contributed by atoms with Crippen LogP contribution in [0, 0.1) is 11.3 Å². The molecule has 2 aliphatic rings. The number of hydrogen-bond donors (Lipinski definition) is 1. The SMILES string of the molecule is CN1CCc2nc(C(=O)N3CCN(S(=O)(=O)c4[nH]c5ccc(Cl)cc5c4CC#N)CC3CC(=O)N(C)C)sc2C1. The van der Waals surface area contributed by atoms with Crippen LogP contribution < -0.4 is 0 Å². The predicted octanol–water partition coefficient (Wildman–Crippen LogP) is 2.33. The van der Waals surface area contributed by atoms with E-state index in [2.05, 4.69) is 14.9 Å². The summed E-state index contributed by atoms with van der Waals surface area (Å²) in [4.78, 5) is 40.3. The molecule has 1 atom stereocenters. The summed E-state index contributed by atoms with van der Waals surface area (Å²) in [7, 11) is 1.18. The van der Waals surface area contributed by atoms with E-state index in [-0.39, 0.29) is 49.3 Å². The van der Waals surface area contributed by atoms with Crippen LogP contribution in [0.5, 0.6) is 0 Å². The van der Waals surface area contributed by atoms with Gasteiger partial charge in [0, 0.05) is 86.0 Å². The molecule has 5 rings (SSSR count). The molecule has 14 heteroatoms. The number of carbonyl (C=O) groups excluding carboxylic acids is 2. The lowest BCUT2D eigenvalue weighted by Crippen LogP contribution is -2.57. The molecular formula is C26H30ClN7O4S2. The highest BCUT2D eigenvalue weighted by molar-refractivity contribution is 7.89. The normalized spacial score (nSPS) is 18.5. The number of nitrogens with zero attached hydrogens (tertiary/aromatic N) is 6. The van der Waals surface area contributed by atoms with Crippen LogP contribution in [0.15, 0.2) is 23.2 Å². The first kappa shape index (κ1) is 28.5. The highest BCUT2D eigenvalue weighted by Gasteiger charge is 2.40. The fourth-order valence-corrected chi connectivity index (χ4v) is 8.21. The Balaban J connectivity index is 1.46. The maximum atomic E-state index is 14.0. The van der Waals surface area contributed by atoms with E-state index >= 15 is 0 Å². The van der Waals surface area contributed by atoms with Crippen molar-refractivity contribution >= 4 is 55.7 Å². The van der Waals surface area contributed by atoms with E-state index in [1.54, 1.807) is 37.2 Å². The van der Waals surface area contributed by atoms with Gasteiger partial charge in [0.25, 0.3) is 15.9 Å². The Kier molecular flexibility index (Phi) is 7.91. The molecule has 4 heterocycles. The molecular weight excluding hydrogens is 574 g/mol.